The van der Waals surface area contributed by atoms with E-state index in [1.807, 2.05) is 6.92 Å². The van der Waals surface area contributed by atoms with Gasteiger partial charge in [0.2, 0.25) is 0 Å². The molecule has 0 heterocycles. The Morgan fingerprint density at radius 1 is 1.71 bits per heavy atom. The highest BCUT2D eigenvalue weighted by Crippen LogP contribution is 1.74. The Balaban J connectivity index is 2.82. The largest absolute Gasteiger partial charge is 0.279 e. The van der Waals surface area contributed by atoms with Crippen LogP contribution in [0.4, 0.5) is 0 Å². The highest BCUT2D eigenvalue weighted by atomic mass is 32.1. The van der Waals surface area contributed by atoms with E-state index in [0.29, 0.717) is 0 Å². The minimum Gasteiger partial charge on any atom is -0.279 e. The van der Waals surface area contributed by atoms with Crippen molar-refractivity contribution in [3.8, 4) is 0 Å². The SMILES string of the molecule is CCC[N]C(C)=S. The van der Waals surface area contributed by atoms with Gasteiger partial charge in [0.25, 0.3) is 0 Å². The van der Waals surface area contributed by atoms with E-state index in [0.717, 1.165) is 18.0 Å². The van der Waals surface area contributed by atoms with Crippen LogP contribution in [0, 0.1) is 0 Å². The predicted octanol–water partition coefficient (Wildman–Crippen LogP) is 1.35. The molecule has 0 saturated carbocycles. The van der Waals surface area contributed by atoms with Crippen molar-refractivity contribution in [1.82, 2.24) is 5.32 Å². The van der Waals surface area contributed by atoms with Crippen LogP contribution >= 0.6 is 12.2 Å². The number of thiocarbonyl (C=S) groups is 1. The molecule has 0 rings (SSSR count). The van der Waals surface area contributed by atoms with Crippen molar-refractivity contribution >= 4 is 17.2 Å². The molecule has 0 saturated heterocycles. The lowest BCUT2D eigenvalue weighted by molar-refractivity contribution is 0.834. The van der Waals surface area contributed by atoms with E-state index >= 15 is 0 Å². The summed E-state index contributed by atoms with van der Waals surface area (Å²) in [6.07, 6.45) is 1.09. The molecule has 0 atom stereocenters. The van der Waals surface area contributed by atoms with Gasteiger partial charge in [-0.2, -0.15) is 0 Å². The fourth-order valence-corrected chi connectivity index (χ4v) is 0.361. The quantitative estimate of drug-likeness (QED) is 0.497. The molecule has 0 spiro atoms. The highest BCUT2D eigenvalue weighted by Gasteiger charge is 1.82. The number of hydrogen-bond donors (Lipinski definition) is 0. The minimum atomic E-state index is 0.766. The summed E-state index contributed by atoms with van der Waals surface area (Å²) in [7, 11) is 0. The molecule has 0 fully saturated rings. The monoisotopic (exact) mass is 116 g/mol. The molecular formula is C5H10NS. The number of nitrogens with zero attached hydrogens (tertiary/aromatic N) is 1. The molecule has 0 N–H and O–H groups in total. The first-order valence-corrected chi connectivity index (χ1v) is 2.86. The molecule has 0 aliphatic carbocycles. The Morgan fingerprint density at radius 3 is 2.43 bits per heavy atom. The molecule has 0 aromatic carbocycles. The lowest BCUT2D eigenvalue weighted by Gasteiger charge is -1.92. The van der Waals surface area contributed by atoms with Gasteiger partial charge in [-0.25, -0.2) is 0 Å². The Morgan fingerprint density at radius 2 is 2.29 bits per heavy atom. The van der Waals surface area contributed by atoms with Crippen LogP contribution in [0.5, 0.6) is 0 Å². The maximum atomic E-state index is 4.69. The normalized spacial score (nSPS) is 8.29. The molecule has 41 valence electrons. The topological polar surface area (TPSA) is 14.1 Å². The van der Waals surface area contributed by atoms with Crippen LogP contribution in [0.3, 0.4) is 0 Å². The first kappa shape index (κ1) is 6.89. The number of rotatable bonds is 2. The minimum absolute atomic E-state index is 0.766. The van der Waals surface area contributed by atoms with Gasteiger partial charge in [0.1, 0.15) is 0 Å². The lowest BCUT2D eigenvalue weighted by atomic mass is 10.5. The highest BCUT2D eigenvalue weighted by molar-refractivity contribution is 7.80. The average molecular weight is 116 g/mol. The summed E-state index contributed by atoms with van der Waals surface area (Å²) in [5.74, 6) is 0. The molecule has 1 nitrogen and oxygen atoms in total. The van der Waals surface area contributed by atoms with Gasteiger partial charge in [0.15, 0.2) is 0 Å². The van der Waals surface area contributed by atoms with Crippen molar-refractivity contribution < 1.29 is 0 Å². The third-order valence-corrected chi connectivity index (χ3v) is 0.687. The van der Waals surface area contributed by atoms with Gasteiger partial charge in [-0.15, -0.1) is 0 Å². The van der Waals surface area contributed by atoms with Crippen molar-refractivity contribution in [3.05, 3.63) is 0 Å². The molecule has 0 bridgehead atoms. The standard InChI is InChI=1S/C5H10NS/c1-3-4-6-5(2)7/h3-4H2,1-2H3. The molecular weight excluding hydrogens is 106 g/mol. The van der Waals surface area contributed by atoms with Crippen molar-refractivity contribution in [2.45, 2.75) is 20.3 Å². The molecule has 0 aromatic rings. The summed E-state index contributed by atoms with van der Waals surface area (Å²) in [6, 6.07) is 0. The van der Waals surface area contributed by atoms with Gasteiger partial charge >= 0.3 is 0 Å². The Hall–Kier alpha value is -0.110. The second kappa shape index (κ2) is 4.06. The number of hydrogen-bond acceptors (Lipinski definition) is 1. The van der Waals surface area contributed by atoms with Crippen molar-refractivity contribution in [1.29, 1.82) is 0 Å². The molecule has 0 amide bonds. The Bertz CT molecular complexity index is 61.1. The summed E-state index contributed by atoms with van der Waals surface area (Å²) >= 11 is 4.69. The molecule has 0 aliphatic heterocycles. The fraction of sp³-hybridized carbons (Fsp3) is 0.800. The van der Waals surface area contributed by atoms with Crippen LogP contribution in [0.1, 0.15) is 20.3 Å². The zero-order chi connectivity index (χ0) is 5.70. The van der Waals surface area contributed by atoms with Crippen LogP contribution < -0.4 is 5.32 Å². The summed E-state index contributed by atoms with van der Waals surface area (Å²) in [5, 5.41) is 3.97. The second-order valence-electron chi connectivity index (χ2n) is 1.40. The smallest absolute Gasteiger partial charge is 0.0943 e. The van der Waals surface area contributed by atoms with Crippen LogP contribution in [0.25, 0.3) is 0 Å². The molecule has 2 heteroatoms. The van der Waals surface area contributed by atoms with Gasteiger partial charge in [-0.1, -0.05) is 19.1 Å². The van der Waals surface area contributed by atoms with E-state index in [9.17, 15) is 0 Å². The van der Waals surface area contributed by atoms with Crippen LogP contribution in [-0.2, 0) is 0 Å². The summed E-state index contributed by atoms with van der Waals surface area (Å²) in [5.41, 5.74) is 0. The summed E-state index contributed by atoms with van der Waals surface area (Å²) < 4.78 is 0. The van der Waals surface area contributed by atoms with Gasteiger partial charge in [0, 0.05) is 6.54 Å². The zero-order valence-corrected chi connectivity index (χ0v) is 5.59. The van der Waals surface area contributed by atoms with E-state index < -0.39 is 0 Å². The summed E-state index contributed by atoms with van der Waals surface area (Å²) in [4.78, 5) is 0.766. The van der Waals surface area contributed by atoms with E-state index in [4.69, 9.17) is 12.2 Å². The summed E-state index contributed by atoms with van der Waals surface area (Å²) in [6.45, 7) is 4.81. The third kappa shape index (κ3) is 5.89. The maximum absolute atomic E-state index is 4.69. The van der Waals surface area contributed by atoms with E-state index in [1.54, 1.807) is 0 Å². The van der Waals surface area contributed by atoms with Crippen LogP contribution in [0.15, 0.2) is 0 Å². The molecule has 0 unspecified atom stereocenters. The van der Waals surface area contributed by atoms with Crippen LogP contribution in [0.2, 0.25) is 0 Å². The van der Waals surface area contributed by atoms with E-state index in [1.165, 1.54) is 0 Å². The molecule has 0 aromatic heterocycles. The van der Waals surface area contributed by atoms with Crippen molar-refractivity contribution in [2.24, 2.45) is 0 Å². The van der Waals surface area contributed by atoms with E-state index in [2.05, 4.69) is 12.2 Å². The Kier molecular flexibility index (Phi) is 4.00. The first-order valence-electron chi connectivity index (χ1n) is 2.45. The van der Waals surface area contributed by atoms with E-state index in [-0.39, 0.29) is 0 Å². The predicted molar refractivity (Wildman–Crippen MR) is 35.6 cm³/mol. The van der Waals surface area contributed by atoms with Gasteiger partial charge in [-0.05, 0) is 13.3 Å². The average Bonchev–Trinajstić information content (AvgIpc) is 1.61. The molecule has 7 heavy (non-hydrogen) atoms. The van der Waals surface area contributed by atoms with Gasteiger partial charge < -0.3 is 0 Å². The second-order valence-corrected chi connectivity index (χ2v) is 1.99. The first-order chi connectivity index (χ1) is 3.27. The van der Waals surface area contributed by atoms with Gasteiger partial charge in [0.05, 0.1) is 4.99 Å². The molecule has 0 aliphatic rings. The Labute approximate surface area is 50.1 Å². The maximum Gasteiger partial charge on any atom is 0.0943 e. The van der Waals surface area contributed by atoms with Gasteiger partial charge in [-0.3, -0.25) is 5.32 Å². The lowest BCUT2D eigenvalue weighted by Crippen LogP contribution is -2.09. The zero-order valence-electron chi connectivity index (χ0n) is 4.77. The third-order valence-electron chi connectivity index (χ3n) is 0.558. The van der Waals surface area contributed by atoms with Crippen molar-refractivity contribution in [3.63, 3.8) is 0 Å². The molecule has 1 radical (unpaired) electrons. The van der Waals surface area contributed by atoms with Crippen molar-refractivity contribution in [2.75, 3.05) is 6.54 Å². The fourth-order valence-electron chi connectivity index (χ4n) is 0.269. The van der Waals surface area contributed by atoms with Crippen LogP contribution in [-0.4, -0.2) is 11.5 Å².